The van der Waals surface area contributed by atoms with E-state index in [1.807, 2.05) is 0 Å². The van der Waals surface area contributed by atoms with Crippen LogP contribution in [0.25, 0.3) is 0 Å². The first kappa shape index (κ1) is 15.0. The monoisotopic (exact) mass is 318 g/mol. The van der Waals surface area contributed by atoms with Crippen molar-refractivity contribution in [2.75, 3.05) is 7.11 Å². The molecule has 3 rings (SSSR count). The predicted molar refractivity (Wildman–Crippen MR) is 78.1 cm³/mol. The largest absolute Gasteiger partial charge is 0.508 e. The molecule has 0 saturated carbocycles. The van der Waals surface area contributed by atoms with Crippen LogP contribution < -0.4 is 9.47 Å². The Balaban J connectivity index is 2.05. The Hall–Kier alpha value is -2.93. The number of aliphatic hydroxyl groups is 1. The van der Waals surface area contributed by atoms with Gasteiger partial charge in [0.05, 0.1) is 7.11 Å². The molecule has 0 spiro atoms. The van der Waals surface area contributed by atoms with Crippen LogP contribution in [0.15, 0.2) is 30.3 Å². The molecular weight excluding hydrogens is 304 g/mol. The Morgan fingerprint density at radius 2 is 1.83 bits per heavy atom. The van der Waals surface area contributed by atoms with Gasteiger partial charge in [-0.05, 0) is 17.7 Å². The summed E-state index contributed by atoms with van der Waals surface area (Å²) < 4.78 is 10.5. The van der Waals surface area contributed by atoms with Crippen molar-refractivity contribution >= 4 is 5.78 Å². The van der Waals surface area contributed by atoms with Crippen molar-refractivity contribution in [2.45, 2.75) is 12.2 Å². The molecule has 23 heavy (non-hydrogen) atoms. The van der Waals surface area contributed by atoms with E-state index in [2.05, 4.69) is 0 Å². The second-order valence-electron chi connectivity index (χ2n) is 5.12. The fourth-order valence-electron chi connectivity index (χ4n) is 2.55. The lowest BCUT2D eigenvalue weighted by Crippen LogP contribution is -2.36. The number of aliphatic hydroxyl groups excluding tert-OH is 1. The molecular formula is C16H14O7. The highest BCUT2D eigenvalue weighted by Gasteiger charge is 2.39. The lowest BCUT2D eigenvalue weighted by Gasteiger charge is -2.30. The van der Waals surface area contributed by atoms with Crippen LogP contribution in [0.5, 0.6) is 28.7 Å². The molecule has 0 fully saturated rings. The zero-order chi connectivity index (χ0) is 16.7. The van der Waals surface area contributed by atoms with Gasteiger partial charge >= 0.3 is 0 Å². The number of Topliss-reactive ketones (excluding diaryl/α,β-unsaturated/α-hetero) is 1. The van der Waals surface area contributed by atoms with Crippen molar-refractivity contribution in [3.8, 4) is 28.7 Å². The fraction of sp³-hybridized carbons (Fsp3) is 0.188. The van der Waals surface area contributed by atoms with Gasteiger partial charge in [0.1, 0.15) is 22.8 Å². The molecule has 2 atom stereocenters. The molecule has 0 amide bonds. The Labute approximate surface area is 131 Å². The summed E-state index contributed by atoms with van der Waals surface area (Å²) in [5, 5.41) is 39.3. The van der Waals surface area contributed by atoms with Gasteiger partial charge in [0.2, 0.25) is 5.78 Å². The number of phenolic OH excluding ortho intramolecular Hbond substituents is 3. The van der Waals surface area contributed by atoms with Crippen LogP contribution in [0.4, 0.5) is 0 Å². The number of carbonyl (C=O) groups is 1. The number of fused-ring (bicyclic) bond motifs is 1. The van der Waals surface area contributed by atoms with E-state index in [1.54, 1.807) is 0 Å². The highest BCUT2D eigenvalue weighted by atomic mass is 16.5. The van der Waals surface area contributed by atoms with Crippen molar-refractivity contribution < 1.29 is 34.7 Å². The van der Waals surface area contributed by atoms with Gasteiger partial charge in [-0.3, -0.25) is 4.79 Å². The number of benzene rings is 2. The van der Waals surface area contributed by atoms with Crippen LogP contribution >= 0.6 is 0 Å². The van der Waals surface area contributed by atoms with Crippen molar-refractivity contribution in [1.82, 2.24) is 0 Å². The SMILES string of the molecule is COc1ccc([C@H]2Oc3cc(O)cc(O)c3C(=O)C2O)cc1O. The highest BCUT2D eigenvalue weighted by Crippen LogP contribution is 2.42. The zero-order valence-corrected chi connectivity index (χ0v) is 12.1. The van der Waals surface area contributed by atoms with E-state index in [4.69, 9.17) is 9.47 Å². The van der Waals surface area contributed by atoms with Crippen LogP contribution in [-0.2, 0) is 0 Å². The number of hydrogen-bond donors (Lipinski definition) is 4. The van der Waals surface area contributed by atoms with E-state index < -0.39 is 23.7 Å². The minimum atomic E-state index is -1.56. The molecule has 0 aliphatic carbocycles. The first-order valence-electron chi connectivity index (χ1n) is 6.74. The van der Waals surface area contributed by atoms with Gasteiger partial charge in [0.15, 0.2) is 23.7 Å². The maximum absolute atomic E-state index is 12.3. The molecule has 1 unspecified atom stereocenters. The first-order chi connectivity index (χ1) is 10.9. The van der Waals surface area contributed by atoms with Gasteiger partial charge in [-0.15, -0.1) is 0 Å². The van der Waals surface area contributed by atoms with Gasteiger partial charge in [0.25, 0.3) is 0 Å². The van der Waals surface area contributed by atoms with Crippen molar-refractivity contribution in [2.24, 2.45) is 0 Å². The predicted octanol–water partition coefficient (Wildman–Crippen LogP) is 1.49. The number of ether oxygens (including phenoxy) is 2. The van der Waals surface area contributed by atoms with Gasteiger partial charge in [-0.2, -0.15) is 0 Å². The molecule has 0 aromatic heterocycles. The Kier molecular flexibility index (Phi) is 3.49. The van der Waals surface area contributed by atoms with Crippen LogP contribution in [0.3, 0.4) is 0 Å². The molecule has 4 N–H and O–H groups in total. The number of methoxy groups -OCH3 is 1. The molecule has 120 valence electrons. The summed E-state index contributed by atoms with van der Waals surface area (Å²) in [5.41, 5.74) is 0.155. The van der Waals surface area contributed by atoms with Crippen LogP contribution in [0.2, 0.25) is 0 Å². The summed E-state index contributed by atoms with van der Waals surface area (Å²) in [5.74, 6) is -1.46. The van der Waals surface area contributed by atoms with Gasteiger partial charge < -0.3 is 29.9 Å². The minimum absolute atomic E-state index is 0.0434. The molecule has 7 nitrogen and oxygen atoms in total. The quantitative estimate of drug-likeness (QED) is 0.663. The molecule has 0 bridgehead atoms. The van der Waals surface area contributed by atoms with Gasteiger partial charge in [0, 0.05) is 12.1 Å². The smallest absolute Gasteiger partial charge is 0.202 e. The summed E-state index contributed by atoms with van der Waals surface area (Å²) in [6, 6.07) is 6.49. The van der Waals surface area contributed by atoms with Crippen LogP contribution in [0.1, 0.15) is 22.0 Å². The summed E-state index contributed by atoms with van der Waals surface area (Å²) in [6.45, 7) is 0. The van der Waals surface area contributed by atoms with E-state index >= 15 is 0 Å². The Morgan fingerprint density at radius 3 is 2.48 bits per heavy atom. The molecule has 1 heterocycles. The average Bonchev–Trinajstić information content (AvgIpc) is 2.50. The van der Waals surface area contributed by atoms with Crippen molar-refractivity contribution in [3.05, 3.63) is 41.5 Å². The van der Waals surface area contributed by atoms with Gasteiger partial charge in [-0.25, -0.2) is 0 Å². The number of carbonyl (C=O) groups excluding carboxylic acids is 1. The topological polar surface area (TPSA) is 116 Å². The van der Waals surface area contributed by atoms with Crippen LogP contribution in [0, 0.1) is 0 Å². The number of phenols is 3. The first-order valence-corrected chi connectivity index (χ1v) is 6.74. The summed E-state index contributed by atoms with van der Waals surface area (Å²) in [6.07, 6.45) is -2.65. The van der Waals surface area contributed by atoms with E-state index in [0.717, 1.165) is 6.07 Å². The maximum Gasteiger partial charge on any atom is 0.202 e. The standard InChI is InChI=1S/C16H14O7/c1-22-11-3-2-7(4-9(11)18)16-15(21)14(20)13-10(19)5-8(17)6-12(13)23-16/h2-6,15-19,21H,1H3/t15?,16-/m1/s1. The highest BCUT2D eigenvalue weighted by molar-refractivity contribution is 6.05. The Morgan fingerprint density at radius 1 is 1.09 bits per heavy atom. The van der Waals surface area contributed by atoms with E-state index in [0.29, 0.717) is 5.56 Å². The third-order valence-electron chi connectivity index (χ3n) is 3.65. The average molecular weight is 318 g/mol. The summed E-state index contributed by atoms with van der Waals surface area (Å²) >= 11 is 0. The normalized spacial score (nSPS) is 19.8. The summed E-state index contributed by atoms with van der Waals surface area (Å²) in [4.78, 5) is 12.3. The van der Waals surface area contributed by atoms with E-state index in [9.17, 15) is 25.2 Å². The lowest BCUT2D eigenvalue weighted by atomic mass is 9.92. The number of rotatable bonds is 2. The number of hydrogen-bond acceptors (Lipinski definition) is 7. The van der Waals surface area contributed by atoms with Crippen LogP contribution in [-0.4, -0.2) is 39.4 Å². The second kappa shape index (κ2) is 5.36. The van der Waals surface area contributed by atoms with Crippen molar-refractivity contribution in [1.29, 1.82) is 0 Å². The molecule has 7 heteroatoms. The fourth-order valence-corrected chi connectivity index (χ4v) is 2.55. The van der Waals surface area contributed by atoms with E-state index in [1.165, 1.54) is 31.4 Å². The van der Waals surface area contributed by atoms with Gasteiger partial charge in [-0.1, -0.05) is 6.07 Å². The third kappa shape index (κ3) is 2.40. The number of aromatic hydroxyl groups is 3. The lowest BCUT2D eigenvalue weighted by molar-refractivity contribution is 0.0210. The maximum atomic E-state index is 12.3. The molecule has 2 aromatic rings. The minimum Gasteiger partial charge on any atom is -0.508 e. The third-order valence-corrected chi connectivity index (χ3v) is 3.65. The Bertz CT molecular complexity index is 784. The number of ketones is 1. The molecule has 0 radical (unpaired) electrons. The molecule has 0 saturated heterocycles. The second-order valence-corrected chi connectivity index (χ2v) is 5.12. The molecule has 1 aliphatic heterocycles. The van der Waals surface area contributed by atoms with Crippen molar-refractivity contribution in [3.63, 3.8) is 0 Å². The van der Waals surface area contributed by atoms with E-state index in [-0.39, 0.29) is 28.6 Å². The zero-order valence-electron chi connectivity index (χ0n) is 12.1. The molecule has 2 aromatic carbocycles. The summed E-state index contributed by atoms with van der Waals surface area (Å²) in [7, 11) is 1.39. The molecule has 1 aliphatic rings.